The molecule has 2 heterocycles. The van der Waals surface area contributed by atoms with Crippen LogP contribution >= 0.6 is 11.8 Å². The van der Waals surface area contributed by atoms with Crippen molar-refractivity contribution >= 4 is 17.7 Å². The van der Waals surface area contributed by atoms with Gasteiger partial charge in [0.15, 0.2) is 11.0 Å². The summed E-state index contributed by atoms with van der Waals surface area (Å²) in [4.78, 5) is 14.0. The van der Waals surface area contributed by atoms with Crippen LogP contribution in [0, 0.1) is 5.82 Å². The number of nitrogens with zero attached hydrogens (tertiary/aromatic N) is 4. The molecule has 0 radical (unpaired) electrons. The fraction of sp³-hybridized carbons (Fsp3) is 0.500. The molecule has 0 bridgehead atoms. The Balaban J connectivity index is 1.71. The highest BCUT2D eigenvalue weighted by Crippen LogP contribution is 2.24. The summed E-state index contributed by atoms with van der Waals surface area (Å²) < 4.78 is 57.2. The van der Waals surface area contributed by atoms with Gasteiger partial charge in [-0.15, -0.1) is 10.2 Å². The van der Waals surface area contributed by atoms with Gasteiger partial charge in [0.1, 0.15) is 12.4 Å². The lowest BCUT2D eigenvalue weighted by atomic mass is 10.2. The quantitative estimate of drug-likeness (QED) is 0.494. The van der Waals surface area contributed by atoms with Gasteiger partial charge in [0.25, 0.3) is 0 Å². The first-order chi connectivity index (χ1) is 14.3. The van der Waals surface area contributed by atoms with E-state index in [9.17, 15) is 22.4 Å². The van der Waals surface area contributed by atoms with E-state index >= 15 is 0 Å². The van der Waals surface area contributed by atoms with Crippen LogP contribution in [0.1, 0.15) is 0 Å². The maximum atomic E-state index is 13.3. The summed E-state index contributed by atoms with van der Waals surface area (Å²) in [6, 6.07) is 5.78. The van der Waals surface area contributed by atoms with Gasteiger partial charge < -0.3 is 14.6 Å². The fourth-order valence-corrected chi connectivity index (χ4v) is 3.65. The molecule has 1 N–H and O–H groups in total. The number of thioether (sulfide) groups is 1. The summed E-state index contributed by atoms with van der Waals surface area (Å²) in [7, 11) is 0. The topological polar surface area (TPSA) is 72.3 Å². The SMILES string of the molecule is O=C(CSc1nnc(-c2ccc(F)cc2)n1CCN1CCOCC1)NCC(F)(F)F. The first-order valence-corrected chi connectivity index (χ1v) is 10.3. The summed E-state index contributed by atoms with van der Waals surface area (Å²) in [6.45, 7) is 2.68. The second-order valence-electron chi connectivity index (χ2n) is 6.60. The van der Waals surface area contributed by atoms with Crippen molar-refractivity contribution in [2.24, 2.45) is 0 Å². The minimum atomic E-state index is -4.46. The van der Waals surface area contributed by atoms with Crippen molar-refractivity contribution in [1.29, 1.82) is 0 Å². The van der Waals surface area contributed by atoms with Crippen LogP contribution in [-0.4, -0.2) is 76.9 Å². The molecule has 1 aliphatic rings. The minimum absolute atomic E-state index is 0.227. The van der Waals surface area contributed by atoms with E-state index in [1.807, 2.05) is 5.32 Å². The van der Waals surface area contributed by atoms with Gasteiger partial charge in [0.2, 0.25) is 5.91 Å². The Hall–Kier alpha value is -2.18. The summed E-state index contributed by atoms with van der Waals surface area (Å²) in [5.41, 5.74) is 0.652. The van der Waals surface area contributed by atoms with E-state index < -0.39 is 18.6 Å². The van der Waals surface area contributed by atoms with Crippen molar-refractivity contribution in [3.8, 4) is 11.4 Å². The first kappa shape index (κ1) is 22.5. The van der Waals surface area contributed by atoms with Gasteiger partial charge in [-0.3, -0.25) is 9.69 Å². The highest BCUT2D eigenvalue weighted by atomic mass is 32.2. The molecule has 1 saturated heterocycles. The second kappa shape index (κ2) is 10.2. The van der Waals surface area contributed by atoms with Gasteiger partial charge in [-0.05, 0) is 24.3 Å². The van der Waals surface area contributed by atoms with Crippen LogP contribution in [-0.2, 0) is 16.1 Å². The molecule has 1 aliphatic heterocycles. The first-order valence-electron chi connectivity index (χ1n) is 9.27. The summed E-state index contributed by atoms with van der Waals surface area (Å²) in [6.07, 6.45) is -4.46. The Morgan fingerprint density at radius 1 is 1.13 bits per heavy atom. The summed E-state index contributed by atoms with van der Waals surface area (Å²) >= 11 is 1.00. The Bertz CT molecular complexity index is 838. The van der Waals surface area contributed by atoms with Crippen molar-refractivity contribution in [1.82, 2.24) is 25.0 Å². The van der Waals surface area contributed by atoms with Crippen molar-refractivity contribution in [2.75, 3.05) is 45.1 Å². The van der Waals surface area contributed by atoms with E-state index in [2.05, 4.69) is 15.1 Å². The maximum Gasteiger partial charge on any atom is 0.405 e. The van der Waals surface area contributed by atoms with E-state index in [-0.39, 0.29) is 11.6 Å². The van der Waals surface area contributed by atoms with E-state index in [1.54, 1.807) is 16.7 Å². The molecule has 12 heteroatoms. The largest absolute Gasteiger partial charge is 0.405 e. The van der Waals surface area contributed by atoms with Crippen LogP contribution < -0.4 is 5.32 Å². The molecule has 0 unspecified atom stereocenters. The summed E-state index contributed by atoms with van der Waals surface area (Å²) in [5, 5.41) is 10.5. The smallest absolute Gasteiger partial charge is 0.379 e. The molecular formula is C18H21F4N5O2S. The lowest BCUT2D eigenvalue weighted by Crippen LogP contribution is -2.38. The van der Waals surface area contributed by atoms with E-state index in [0.29, 0.717) is 42.8 Å². The Morgan fingerprint density at radius 3 is 2.50 bits per heavy atom. The zero-order chi connectivity index (χ0) is 21.6. The van der Waals surface area contributed by atoms with Crippen LogP contribution in [0.15, 0.2) is 29.4 Å². The number of amides is 1. The lowest BCUT2D eigenvalue weighted by Gasteiger charge is -2.27. The van der Waals surface area contributed by atoms with Crippen molar-refractivity contribution in [3.63, 3.8) is 0 Å². The molecule has 1 amide bonds. The molecule has 1 fully saturated rings. The number of alkyl halides is 3. The van der Waals surface area contributed by atoms with Crippen molar-refractivity contribution < 1.29 is 27.1 Å². The Morgan fingerprint density at radius 2 is 1.83 bits per heavy atom. The maximum absolute atomic E-state index is 13.3. The van der Waals surface area contributed by atoms with E-state index in [0.717, 1.165) is 24.9 Å². The normalized spacial score (nSPS) is 15.3. The molecule has 1 aromatic heterocycles. The molecule has 7 nitrogen and oxygen atoms in total. The van der Waals surface area contributed by atoms with Crippen LogP contribution in [0.25, 0.3) is 11.4 Å². The highest BCUT2D eigenvalue weighted by Gasteiger charge is 2.27. The lowest BCUT2D eigenvalue weighted by molar-refractivity contribution is -0.136. The number of carbonyl (C=O) groups is 1. The van der Waals surface area contributed by atoms with Crippen LogP contribution in [0.5, 0.6) is 0 Å². The van der Waals surface area contributed by atoms with Gasteiger partial charge in [0, 0.05) is 31.7 Å². The predicted molar refractivity (Wildman–Crippen MR) is 102 cm³/mol. The second-order valence-corrected chi connectivity index (χ2v) is 7.54. The number of carbonyl (C=O) groups excluding carboxylic acids is 1. The average Bonchev–Trinajstić information content (AvgIpc) is 3.12. The van der Waals surface area contributed by atoms with Crippen LogP contribution in [0.3, 0.4) is 0 Å². The number of aromatic nitrogens is 3. The van der Waals surface area contributed by atoms with Crippen LogP contribution in [0.4, 0.5) is 17.6 Å². The Labute approximate surface area is 174 Å². The molecule has 0 aliphatic carbocycles. The number of hydrogen-bond acceptors (Lipinski definition) is 6. The third-order valence-electron chi connectivity index (χ3n) is 4.38. The number of benzene rings is 1. The number of nitrogens with one attached hydrogen (secondary N) is 1. The molecule has 164 valence electrons. The number of halogens is 4. The van der Waals surface area contributed by atoms with Crippen LogP contribution in [0.2, 0.25) is 0 Å². The molecule has 1 aromatic carbocycles. The molecular weight excluding hydrogens is 426 g/mol. The van der Waals surface area contributed by atoms with Gasteiger partial charge in [-0.1, -0.05) is 11.8 Å². The number of rotatable bonds is 8. The summed E-state index contributed by atoms with van der Waals surface area (Å²) in [5.74, 6) is -0.853. The van der Waals surface area contributed by atoms with Gasteiger partial charge in [-0.25, -0.2) is 4.39 Å². The molecule has 3 rings (SSSR count). The number of morpholine rings is 1. The third kappa shape index (κ3) is 6.67. The standard InChI is InChI=1S/C18H21F4N5O2S/c19-14-3-1-13(2-4-14)16-24-25-17(30-11-15(28)23-12-18(20,21)22)27(16)6-5-26-7-9-29-10-8-26/h1-4H,5-12H2,(H,23,28). The monoisotopic (exact) mass is 447 g/mol. The zero-order valence-electron chi connectivity index (χ0n) is 16.0. The van der Waals surface area contributed by atoms with E-state index in [1.165, 1.54) is 12.1 Å². The van der Waals surface area contributed by atoms with Gasteiger partial charge >= 0.3 is 6.18 Å². The number of ether oxygens (including phenoxy) is 1. The number of hydrogen-bond donors (Lipinski definition) is 1. The van der Waals surface area contributed by atoms with Gasteiger partial charge in [0.05, 0.1) is 19.0 Å². The van der Waals surface area contributed by atoms with Gasteiger partial charge in [-0.2, -0.15) is 13.2 Å². The van der Waals surface area contributed by atoms with E-state index in [4.69, 9.17) is 4.74 Å². The minimum Gasteiger partial charge on any atom is -0.379 e. The predicted octanol–water partition coefficient (Wildman–Crippen LogP) is 2.19. The fourth-order valence-electron chi connectivity index (χ4n) is 2.86. The molecule has 0 spiro atoms. The highest BCUT2D eigenvalue weighted by molar-refractivity contribution is 7.99. The molecule has 2 aromatic rings. The Kier molecular flexibility index (Phi) is 7.67. The molecule has 30 heavy (non-hydrogen) atoms. The zero-order valence-corrected chi connectivity index (χ0v) is 16.8. The molecule has 0 atom stereocenters. The van der Waals surface area contributed by atoms with Crippen molar-refractivity contribution in [2.45, 2.75) is 17.9 Å². The molecule has 0 saturated carbocycles. The average molecular weight is 447 g/mol. The van der Waals surface area contributed by atoms with Crippen molar-refractivity contribution in [3.05, 3.63) is 30.1 Å². The third-order valence-corrected chi connectivity index (χ3v) is 5.35.